The van der Waals surface area contributed by atoms with Crippen LogP contribution in [0.15, 0.2) is 39.9 Å². The number of hydrogen-bond acceptors (Lipinski definition) is 8. The molecule has 1 aliphatic rings. The number of hydrogen-bond donors (Lipinski definition) is 2. The summed E-state index contributed by atoms with van der Waals surface area (Å²) >= 11 is 1.12. The Labute approximate surface area is 243 Å². The smallest absolute Gasteiger partial charge is 0.271 e. The summed E-state index contributed by atoms with van der Waals surface area (Å²) in [5.74, 6) is 0.0569. The zero-order valence-electron chi connectivity index (χ0n) is 24.3. The fraction of sp³-hybridized carbons (Fsp3) is 0.621. The summed E-state index contributed by atoms with van der Waals surface area (Å²) in [5.41, 5.74) is 0.522. The molecule has 0 saturated carbocycles. The topological polar surface area (TPSA) is 108 Å². The van der Waals surface area contributed by atoms with Crippen LogP contribution in [-0.4, -0.2) is 87.4 Å². The van der Waals surface area contributed by atoms with Crippen molar-refractivity contribution in [1.29, 1.82) is 0 Å². The van der Waals surface area contributed by atoms with E-state index in [2.05, 4.69) is 30.5 Å². The number of sulfonamides is 1. The third-order valence-corrected chi connectivity index (χ3v) is 9.94. The molecule has 1 amide bonds. The quantitative estimate of drug-likeness (QED) is 0.433. The third kappa shape index (κ3) is 8.91. The zero-order valence-corrected chi connectivity index (χ0v) is 26.0. The zero-order chi connectivity index (χ0) is 29.3. The Morgan fingerprint density at radius 2 is 2.02 bits per heavy atom. The van der Waals surface area contributed by atoms with Gasteiger partial charge in [0.25, 0.3) is 15.9 Å². The van der Waals surface area contributed by atoms with E-state index in [4.69, 9.17) is 9.47 Å². The maximum atomic E-state index is 14.1. The molecule has 4 atom stereocenters. The van der Waals surface area contributed by atoms with Gasteiger partial charge < -0.3 is 24.4 Å². The summed E-state index contributed by atoms with van der Waals surface area (Å²) in [7, 11) is -1.72. The van der Waals surface area contributed by atoms with E-state index in [1.165, 1.54) is 12.1 Å². The van der Waals surface area contributed by atoms with Crippen molar-refractivity contribution in [2.75, 3.05) is 44.6 Å². The first-order valence-electron chi connectivity index (χ1n) is 14.1. The number of nitrogens with one attached hydrogen (secondary N) is 1. The van der Waals surface area contributed by atoms with Gasteiger partial charge >= 0.3 is 0 Å². The number of aliphatic hydroxyl groups is 1. The number of carbonyl (C=O) groups is 1. The van der Waals surface area contributed by atoms with Crippen molar-refractivity contribution in [3.8, 4) is 5.75 Å². The molecular formula is C29H45N3O6S2. The number of thiophene rings is 1. The molecule has 0 unspecified atom stereocenters. The van der Waals surface area contributed by atoms with Gasteiger partial charge in [0.15, 0.2) is 0 Å². The Kier molecular flexibility index (Phi) is 12.3. The molecule has 3 rings (SSSR count). The molecule has 9 nitrogen and oxygen atoms in total. The van der Waals surface area contributed by atoms with E-state index in [9.17, 15) is 18.3 Å². The monoisotopic (exact) mass is 595 g/mol. The number of carbonyl (C=O) groups excluding carboxylic acids is 1. The number of anilines is 1. The normalized spacial score (nSPS) is 22.3. The highest BCUT2D eigenvalue weighted by atomic mass is 32.2. The molecule has 0 fully saturated rings. The van der Waals surface area contributed by atoms with E-state index in [-0.39, 0.29) is 46.1 Å². The van der Waals surface area contributed by atoms with E-state index >= 15 is 0 Å². The van der Waals surface area contributed by atoms with Crippen molar-refractivity contribution in [3.05, 3.63) is 41.3 Å². The standard InChI is InChI=1S/C29H45N3O6S2/c1-6-14-31(5)19-27-21(2)18-32(22(3)20-33)29(34)25-17-24(30-40(35,36)28-11-9-16-39-28)12-13-26(25)38-23(4)10-7-8-15-37-27/h9,11-13,16-17,21-23,27,30,33H,6-8,10,14-15,18-20H2,1-5H3/t21-,22+,23+,27-/m0/s1. The lowest BCUT2D eigenvalue weighted by atomic mass is 10.0. The summed E-state index contributed by atoms with van der Waals surface area (Å²) in [6.45, 7) is 10.5. The summed E-state index contributed by atoms with van der Waals surface area (Å²) in [6, 6.07) is 7.54. The number of benzene rings is 1. The summed E-state index contributed by atoms with van der Waals surface area (Å²) in [5, 5.41) is 11.8. The van der Waals surface area contributed by atoms with Gasteiger partial charge in [-0.2, -0.15) is 0 Å². The second-order valence-electron chi connectivity index (χ2n) is 10.8. The minimum Gasteiger partial charge on any atom is -0.490 e. The fourth-order valence-electron chi connectivity index (χ4n) is 4.85. The minimum absolute atomic E-state index is 0.0102. The van der Waals surface area contributed by atoms with Crippen molar-refractivity contribution in [2.45, 2.75) is 75.8 Å². The van der Waals surface area contributed by atoms with E-state index in [1.807, 2.05) is 6.92 Å². The van der Waals surface area contributed by atoms with Crippen LogP contribution in [0, 0.1) is 5.92 Å². The van der Waals surface area contributed by atoms with Crippen molar-refractivity contribution < 1.29 is 27.8 Å². The number of rotatable bonds is 9. The van der Waals surface area contributed by atoms with Crippen molar-refractivity contribution >= 4 is 33.0 Å². The lowest BCUT2D eigenvalue weighted by molar-refractivity contribution is -0.0167. The van der Waals surface area contributed by atoms with Crippen LogP contribution in [0.5, 0.6) is 5.75 Å². The van der Waals surface area contributed by atoms with Gasteiger partial charge in [0.05, 0.1) is 30.4 Å². The highest BCUT2D eigenvalue weighted by Gasteiger charge is 2.30. The molecule has 1 aliphatic heterocycles. The molecule has 1 aromatic carbocycles. The van der Waals surface area contributed by atoms with E-state index in [0.29, 0.717) is 18.9 Å². The number of ether oxygens (including phenoxy) is 2. The number of nitrogens with zero attached hydrogens (tertiary/aromatic N) is 2. The van der Waals surface area contributed by atoms with Crippen LogP contribution in [0.1, 0.15) is 63.7 Å². The molecule has 0 radical (unpaired) electrons. The molecule has 2 N–H and O–H groups in total. The van der Waals surface area contributed by atoms with Crippen LogP contribution < -0.4 is 9.46 Å². The van der Waals surface area contributed by atoms with E-state index in [0.717, 1.165) is 50.1 Å². The number of aliphatic hydroxyl groups excluding tert-OH is 1. The Morgan fingerprint density at radius 1 is 1.25 bits per heavy atom. The predicted octanol–water partition coefficient (Wildman–Crippen LogP) is 4.69. The molecular weight excluding hydrogens is 550 g/mol. The molecule has 2 aromatic rings. The predicted molar refractivity (Wildman–Crippen MR) is 160 cm³/mol. The van der Waals surface area contributed by atoms with Crippen LogP contribution in [-0.2, 0) is 14.8 Å². The molecule has 0 spiro atoms. The molecule has 0 aliphatic carbocycles. The summed E-state index contributed by atoms with van der Waals surface area (Å²) < 4.78 is 41.2. The fourth-order valence-corrected chi connectivity index (χ4v) is 6.89. The lowest BCUT2D eigenvalue weighted by Crippen LogP contribution is -2.47. The van der Waals surface area contributed by atoms with E-state index < -0.39 is 16.1 Å². The number of likely N-dealkylation sites (N-methyl/N-ethyl adjacent to an activating group) is 1. The van der Waals surface area contributed by atoms with Gasteiger partial charge in [-0.15, -0.1) is 11.3 Å². The molecule has 2 heterocycles. The Balaban J connectivity index is 1.99. The molecule has 0 saturated heterocycles. The van der Waals surface area contributed by atoms with Crippen molar-refractivity contribution in [1.82, 2.24) is 9.80 Å². The van der Waals surface area contributed by atoms with Crippen LogP contribution in [0.25, 0.3) is 0 Å². The highest BCUT2D eigenvalue weighted by molar-refractivity contribution is 7.94. The first kappa shape index (κ1) is 32.3. The third-order valence-electron chi connectivity index (χ3n) is 7.16. The minimum atomic E-state index is -3.80. The van der Waals surface area contributed by atoms with Crippen molar-refractivity contribution in [3.63, 3.8) is 0 Å². The molecule has 1 aromatic heterocycles. The van der Waals surface area contributed by atoms with Crippen LogP contribution in [0.3, 0.4) is 0 Å². The second-order valence-corrected chi connectivity index (χ2v) is 13.7. The van der Waals surface area contributed by atoms with Gasteiger partial charge in [0.2, 0.25) is 0 Å². The molecule has 11 heteroatoms. The maximum absolute atomic E-state index is 14.1. The van der Waals surface area contributed by atoms with Crippen LogP contribution >= 0.6 is 11.3 Å². The average molecular weight is 596 g/mol. The van der Waals surface area contributed by atoms with Crippen molar-refractivity contribution in [2.24, 2.45) is 5.92 Å². The van der Waals surface area contributed by atoms with Gasteiger partial charge in [-0.1, -0.05) is 19.9 Å². The summed E-state index contributed by atoms with van der Waals surface area (Å²) in [6.07, 6.45) is 3.41. The van der Waals surface area contributed by atoms with Gasteiger partial charge in [-0.05, 0) is 82.8 Å². The summed E-state index contributed by atoms with van der Waals surface area (Å²) in [4.78, 5) is 18.0. The van der Waals surface area contributed by atoms with Gasteiger partial charge in [0.1, 0.15) is 9.96 Å². The first-order chi connectivity index (χ1) is 19.1. The average Bonchev–Trinajstić information content (AvgIpc) is 3.47. The van der Waals surface area contributed by atoms with E-state index in [1.54, 1.807) is 35.4 Å². The number of amides is 1. The second kappa shape index (κ2) is 15.2. The SMILES string of the molecule is CCCN(C)C[C@@H]1OCCCC[C@@H](C)Oc2ccc(NS(=O)(=O)c3cccs3)cc2C(=O)N([C@H](C)CO)C[C@@H]1C. The first-order valence-corrected chi connectivity index (χ1v) is 16.5. The number of fused-ring (bicyclic) bond motifs is 1. The van der Waals surface area contributed by atoms with Gasteiger partial charge in [-0.3, -0.25) is 9.52 Å². The Hall–Kier alpha value is -2.18. The van der Waals surface area contributed by atoms with Gasteiger partial charge in [-0.25, -0.2) is 8.42 Å². The largest absolute Gasteiger partial charge is 0.490 e. The van der Waals surface area contributed by atoms with Gasteiger partial charge in [0, 0.05) is 31.3 Å². The molecule has 0 bridgehead atoms. The van der Waals surface area contributed by atoms with Crippen LogP contribution in [0.4, 0.5) is 5.69 Å². The Morgan fingerprint density at radius 3 is 2.70 bits per heavy atom. The maximum Gasteiger partial charge on any atom is 0.271 e. The molecule has 40 heavy (non-hydrogen) atoms. The van der Waals surface area contributed by atoms with Crippen LogP contribution in [0.2, 0.25) is 0 Å². The lowest BCUT2D eigenvalue weighted by Gasteiger charge is -2.35. The molecule has 224 valence electrons. The highest BCUT2D eigenvalue weighted by Crippen LogP contribution is 2.30. The Bertz CT molecular complexity index is 1170.